The Morgan fingerprint density at radius 1 is 0.882 bits per heavy atom. The number of hydrogen-bond donors (Lipinski definition) is 0. The predicted molar refractivity (Wildman–Crippen MR) is 62.7 cm³/mol. The fraction of sp³-hybridized carbons (Fsp3) is 0.0714. The van der Waals surface area contributed by atoms with Gasteiger partial charge in [0.05, 0.1) is 11.6 Å². The summed E-state index contributed by atoms with van der Waals surface area (Å²) < 4.78 is 10.6. The maximum absolute atomic E-state index is 8.74. The van der Waals surface area contributed by atoms with Crippen molar-refractivity contribution in [2.45, 2.75) is 0 Å². The molecule has 0 saturated heterocycles. The van der Waals surface area contributed by atoms with Gasteiger partial charge in [0.2, 0.25) is 6.79 Å². The lowest BCUT2D eigenvalue weighted by atomic mass is 10.0. The molecule has 1 heterocycles. The summed E-state index contributed by atoms with van der Waals surface area (Å²) in [5.74, 6) is 1.55. The normalized spacial score (nSPS) is 12.2. The van der Waals surface area contributed by atoms with Gasteiger partial charge in [-0.25, -0.2) is 0 Å². The molecule has 3 nitrogen and oxygen atoms in total. The Morgan fingerprint density at radius 2 is 1.59 bits per heavy atom. The molecule has 0 bridgehead atoms. The Balaban J connectivity index is 2.01. The molecule has 0 aromatic heterocycles. The highest BCUT2D eigenvalue weighted by Crippen LogP contribution is 2.35. The number of benzene rings is 2. The zero-order chi connectivity index (χ0) is 11.7. The van der Waals surface area contributed by atoms with E-state index in [1.807, 2.05) is 30.3 Å². The van der Waals surface area contributed by atoms with Crippen LogP contribution in [-0.2, 0) is 0 Å². The van der Waals surface area contributed by atoms with Gasteiger partial charge in [-0.1, -0.05) is 18.2 Å². The second kappa shape index (κ2) is 3.84. The third kappa shape index (κ3) is 1.70. The van der Waals surface area contributed by atoms with Crippen molar-refractivity contribution < 1.29 is 9.47 Å². The predicted octanol–water partition coefficient (Wildman–Crippen LogP) is 2.95. The third-order valence-electron chi connectivity index (χ3n) is 2.72. The van der Waals surface area contributed by atoms with Gasteiger partial charge >= 0.3 is 0 Å². The number of rotatable bonds is 1. The van der Waals surface area contributed by atoms with Crippen molar-refractivity contribution in [3.05, 3.63) is 48.0 Å². The summed E-state index contributed by atoms with van der Waals surface area (Å²) in [5.41, 5.74) is 2.77. The molecular formula is C14H9NO2. The van der Waals surface area contributed by atoms with Gasteiger partial charge in [-0.3, -0.25) is 0 Å². The minimum absolute atomic E-state index is 0.284. The first-order chi connectivity index (χ1) is 8.36. The lowest BCUT2D eigenvalue weighted by Crippen LogP contribution is -1.92. The van der Waals surface area contributed by atoms with Crippen molar-refractivity contribution in [3.8, 4) is 28.7 Å². The molecule has 3 heteroatoms. The quantitative estimate of drug-likeness (QED) is 0.746. The van der Waals surface area contributed by atoms with Crippen LogP contribution in [0.1, 0.15) is 5.56 Å². The lowest BCUT2D eigenvalue weighted by Gasteiger charge is -2.03. The van der Waals surface area contributed by atoms with Crippen molar-refractivity contribution in [3.63, 3.8) is 0 Å². The van der Waals surface area contributed by atoms with E-state index in [2.05, 4.69) is 6.07 Å². The molecule has 1 aliphatic rings. The minimum atomic E-state index is 0.284. The molecule has 0 unspecified atom stereocenters. The van der Waals surface area contributed by atoms with Gasteiger partial charge in [0, 0.05) is 0 Å². The molecule has 1 aliphatic heterocycles. The summed E-state index contributed by atoms with van der Waals surface area (Å²) in [6.45, 7) is 0.284. The first-order valence-electron chi connectivity index (χ1n) is 5.27. The van der Waals surface area contributed by atoms with Gasteiger partial charge in [-0.2, -0.15) is 5.26 Å². The molecule has 3 rings (SSSR count). The number of nitriles is 1. The highest BCUT2D eigenvalue weighted by Gasteiger charge is 2.13. The summed E-state index contributed by atoms with van der Waals surface area (Å²) in [4.78, 5) is 0. The van der Waals surface area contributed by atoms with Gasteiger partial charge in [-0.15, -0.1) is 0 Å². The summed E-state index contributed by atoms with van der Waals surface area (Å²) >= 11 is 0. The fourth-order valence-corrected chi connectivity index (χ4v) is 1.81. The van der Waals surface area contributed by atoms with Crippen molar-refractivity contribution in [1.82, 2.24) is 0 Å². The lowest BCUT2D eigenvalue weighted by molar-refractivity contribution is 0.174. The van der Waals surface area contributed by atoms with Crippen LogP contribution in [0, 0.1) is 11.3 Å². The van der Waals surface area contributed by atoms with Gasteiger partial charge in [0.15, 0.2) is 11.5 Å². The SMILES string of the molecule is N#Cc1ccc(-c2ccc3c(c2)OCO3)cc1. The van der Waals surface area contributed by atoms with Crippen LogP contribution in [-0.4, -0.2) is 6.79 Å². The van der Waals surface area contributed by atoms with Gasteiger partial charge in [-0.05, 0) is 35.4 Å². The molecule has 0 saturated carbocycles. The van der Waals surface area contributed by atoms with Crippen LogP contribution in [0.15, 0.2) is 42.5 Å². The van der Waals surface area contributed by atoms with Gasteiger partial charge < -0.3 is 9.47 Å². The minimum Gasteiger partial charge on any atom is -0.454 e. The molecule has 2 aromatic rings. The Morgan fingerprint density at radius 3 is 2.35 bits per heavy atom. The molecule has 0 fully saturated rings. The molecule has 0 atom stereocenters. The molecule has 0 N–H and O–H groups in total. The van der Waals surface area contributed by atoms with Gasteiger partial charge in [0.25, 0.3) is 0 Å². The number of hydrogen-bond acceptors (Lipinski definition) is 3. The molecular weight excluding hydrogens is 214 g/mol. The number of nitrogens with zero attached hydrogens (tertiary/aromatic N) is 1. The van der Waals surface area contributed by atoms with E-state index < -0.39 is 0 Å². The monoisotopic (exact) mass is 223 g/mol. The van der Waals surface area contributed by atoms with Crippen LogP contribution in [0.5, 0.6) is 11.5 Å². The van der Waals surface area contributed by atoms with Crippen LogP contribution in [0.4, 0.5) is 0 Å². The van der Waals surface area contributed by atoms with Gasteiger partial charge in [0.1, 0.15) is 0 Å². The highest BCUT2D eigenvalue weighted by molar-refractivity contribution is 5.68. The second-order valence-electron chi connectivity index (χ2n) is 3.76. The molecule has 0 amide bonds. The highest BCUT2D eigenvalue weighted by atomic mass is 16.7. The summed E-state index contributed by atoms with van der Waals surface area (Å²) in [7, 11) is 0. The standard InChI is InChI=1S/C14H9NO2/c15-8-10-1-3-11(4-2-10)12-5-6-13-14(7-12)17-9-16-13/h1-7H,9H2. The molecule has 2 aromatic carbocycles. The molecule has 0 radical (unpaired) electrons. The summed E-state index contributed by atoms with van der Waals surface area (Å²) in [6.07, 6.45) is 0. The first-order valence-corrected chi connectivity index (χ1v) is 5.27. The average molecular weight is 223 g/mol. The van der Waals surface area contributed by atoms with Crippen molar-refractivity contribution in [2.24, 2.45) is 0 Å². The molecule has 82 valence electrons. The Hall–Kier alpha value is -2.47. The summed E-state index contributed by atoms with van der Waals surface area (Å²) in [5, 5.41) is 8.74. The number of ether oxygens (including phenoxy) is 2. The smallest absolute Gasteiger partial charge is 0.231 e. The van der Waals surface area contributed by atoms with Crippen LogP contribution >= 0.6 is 0 Å². The average Bonchev–Trinajstić information content (AvgIpc) is 2.86. The first kappa shape index (κ1) is 9.73. The van der Waals surface area contributed by atoms with E-state index in [-0.39, 0.29) is 6.79 Å². The maximum atomic E-state index is 8.74. The van der Waals surface area contributed by atoms with E-state index >= 15 is 0 Å². The molecule has 17 heavy (non-hydrogen) atoms. The summed E-state index contributed by atoms with van der Waals surface area (Å²) in [6, 6.07) is 15.4. The molecule has 0 aliphatic carbocycles. The maximum Gasteiger partial charge on any atom is 0.231 e. The van der Waals surface area contributed by atoms with Crippen LogP contribution in [0.3, 0.4) is 0 Å². The van der Waals surface area contributed by atoms with Crippen LogP contribution in [0.25, 0.3) is 11.1 Å². The molecule has 0 spiro atoms. The Kier molecular flexibility index (Phi) is 2.20. The van der Waals surface area contributed by atoms with E-state index in [4.69, 9.17) is 14.7 Å². The van der Waals surface area contributed by atoms with E-state index in [1.54, 1.807) is 12.1 Å². The topological polar surface area (TPSA) is 42.2 Å². The van der Waals surface area contributed by atoms with Crippen molar-refractivity contribution in [1.29, 1.82) is 5.26 Å². The fourth-order valence-electron chi connectivity index (χ4n) is 1.81. The van der Waals surface area contributed by atoms with E-state index in [0.29, 0.717) is 5.56 Å². The second-order valence-corrected chi connectivity index (χ2v) is 3.76. The largest absolute Gasteiger partial charge is 0.454 e. The van der Waals surface area contributed by atoms with Crippen LogP contribution < -0.4 is 9.47 Å². The van der Waals surface area contributed by atoms with E-state index in [1.165, 1.54) is 0 Å². The van der Waals surface area contributed by atoms with E-state index in [9.17, 15) is 0 Å². The zero-order valence-electron chi connectivity index (χ0n) is 9.01. The Bertz CT molecular complexity index is 597. The Labute approximate surface area is 98.8 Å². The van der Waals surface area contributed by atoms with Crippen LogP contribution in [0.2, 0.25) is 0 Å². The third-order valence-corrected chi connectivity index (χ3v) is 2.72. The van der Waals surface area contributed by atoms with Crippen molar-refractivity contribution >= 4 is 0 Å². The number of fused-ring (bicyclic) bond motifs is 1. The van der Waals surface area contributed by atoms with Crippen molar-refractivity contribution in [2.75, 3.05) is 6.79 Å². The zero-order valence-corrected chi connectivity index (χ0v) is 9.01. The van der Waals surface area contributed by atoms with E-state index in [0.717, 1.165) is 22.6 Å².